The standard InChI is InChI=1S/C7H9BrN2O5S.Na.H/c8-3-5(11)9-2-1-4-6(9)7(12)10(4)16(13,14)15;;/h4,6H,1-3H2,(H,13,14,15);;/q;+1;-1/t4-,6+;;/m1../s1. The number of amides is 2. The minimum Gasteiger partial charge on any atom is -1.00 e. The first-order valence-corrected chi connectivity index (χ1v) is 7.06. The number of hydrogen-bond acceptors (Lipinski definition) is 4. The molecule has 0 aromatic heterocycles. The molecule has 1 N–H and O–H groups in total. The number of likely N-dealkylation sites (tertiary alicyclic amines) is 1. The molecule has 17 heavy (non-hydrogen) atoms. The molecule has 0 unspecified atom stereocenters. The van der Waals surface area contributed by atoms with Crippen LogP contribution in [0.2, 0.25) is 0 Å². The van der Waals surface area contributed by atoms with E-state index in [0.717, 1.165) is 0 Å². The molecular weight excluding hydrogens is 327 g/mol. The molecular formula is C7H10BrN2NaO5S. The third-order valence-corrected chi connectivity index (χ3v) is 4.25. The molecule has 2 aliphatic heterocycles. The van der Waals surface area contributed by atoms with Crippen LogP contribution in [0.5, 0.6) is 0 Å². The van der Waals surface area contributed by atoms with Gasteiger partial charge >= 0.3 is 39.9 Å². The van der Waals surface area contributed by atoms with Crippen LogP contribution in [0.15, 0.2) is 0 Å². The second kappa shape index (κ2) is 5.14. The maximum atomic E-state index is 11.5. The van der Waals surface area contributed by atoms with Crippen molar-refractivity contribution in [1.29, 1.82) is 0 Å². The Kier molecular flexibility index (Phi) is 4.65. The molecule has 0 bridgehead atoms. The van der Waals surface area contributed by atoms with E-state index in [1.54, 1.807) is 0 Å². The van der Waals surface area contributed by atoms with Crippen LogP contribution in [0.25, 0.3) is 0 Å². The van der Waals surface area contributed by atoms with E-state index in [1.165, 1.54) is 4.90 Å². The summed E-state index contributed by atoms with van der Waals surface area (Å²) in [5, 5.41) is 0.0926. The van der Waals surface area contributed by atoms with Crippen molar-refractivity contribution in [2.24, 2.45) is 0 Å². The van der Waals surface area contributed by atoms with Gasteiger partial charge in [-0.1, -0.05) is 15.9 Å². The molecule has 2 heterocycles. The minimum atomic E-state index is -4.49. The second-order valence-corrected chi connectivity index (χ2v) is 5.48. The van der Waals surface area contributed by atoms with Gasteiger partial charge < -0.3 is 6.33 Å². The molecule has 0 saturated carbocycles. The molecule has 2 amide bonds. The molecule has 2 saturated heterocycles. The number of rotatable bonds is 2. The third-order valence-electron chi connectivity index (χ3n) is 2.82. The number of carbonyl (C=O) groups excluding carboxylic acids is 2. The molecule has 0 aromatic carbocycles. The molecule has 2 fully saturated rings. The number of nitrogens with zero attached hydrogens (tertiary/aromatic N) is 2. The maximum Gasteiger partial charge on any atom is 1.00 e. The Hall–Kier alpha value is 0.330. The Morgan fingerprint density at radius 3 is 2.65 bits per heavy atom. The number of β-lactam (4-membered cyclic amide) rings is 1. The molecule has 92 valence electrons. The van der Waals surface area contributed by atoms with E-state index in [9.17, 15) is 18.0 Å². The predicted molar refractivity (Wildman–Crippen MR) is 57.2 cm³/mol. The van der Waals surface area contributed by atoms with Crippen LogP contribution in [0.3, 0.4) is 0 Å². The van der Waals surface area contributed by atoms with Crippen molar-refractivity contribution in [3.63, 3.8) is 0 Å². The Labute approximate surface area is 130 Å². The van der Waals surface area contributed by atoms with Gasteiger partial charge in [-0.2, -0.15) is 8.42 Å². The smallest absolute Gasteiger partial charge is 1.00 e. The molecule has 2 rings (SSSR count). The normalized spacial score (nSPS) is 27.3. The number of carbonyl (C=O) groups is 2. The van der Waals surface area contributed by atoms with E-state index in [-0.39, 0.29) is 42.2 Å². The Bertz CT molecular complexity index is 461. The zero-order valence-electron chi connectivity index (χ0n) is 10.0. The van der Waals surface area contributed by atoms with Crippen LogP contribution in [0.4, 0.5) is 0 Å². The van der Waals surface area contributed by atoms with E-state index in [2.05, 4.69) is 15.9 Å². The molecule has 0 spiro atoms. The fraction of sp³-hybridized carbons (Fsp3) is 0.714. The number of fused-ring (bicyclic) bond motifs is 1. The summed E-state index contributed by atoms with van der Waals surface area (Å²) in [6.45, 7) is 0.331. The van der Waals surface area contributed by atoms with Gasteiger partial charge in [-0.15, -0.1) is 0 Å². The number of hydrogen-bond donors (Lipinski definition) is 1. The fourth-order valence-corrected chi connectivity index (χ4v) is 3.39. The molecule has 0 radical (unpaired) electrons. The summed E-state index contributed by atoms with van der Waals surface area (Å²) < 4.78 is 31.0. The van der Waals surface area contributed by atoms with Gasteiger partial charge in [-0.25, -0.2) is 4.31 Å². The monoisotopic (exact) mass is 336 g/mol. The molecule has 0 aromatic rings. The molecule has 2 atom stereocenters. The summed E-state index contributed by atoms with van der Waals surface area (Å²) in [7, 11) is -4.49. The topological polar surface area (TPSA) is 95.0 Å². The fourth-order valence-electron chi connectivity index (χ4n) is 2.17. The first-order valence-electron chi connectivity index (χ1n) is 4.54. The largest absolute Gasteiger partial charge is 1.00 e. The van der Waals surface area contributed by atoms with Crippen LogP contribution in [0, 0.1) is 0 Å². The average Bonchev–Trinajstić information content (AvgIpc) is 2.53. The van der Waals surface area contributed by atoms with Crippen molar-refractivity contribution < 1.29 is 53.5 Å². The van der Waals surface area contributed by atoms with Crippen molar-refractivity contribution >= 4 is 38.0 Å². The van der Waals surface area contributed by atoms with E-state index in [0.29, 0.717) is 17.3 Å². The molecule has 7 nitrogen and oxygen atoms in total. The number of halogens is 1. The van der Waals surface area contributed by atoms with Crippen LogP contribution >= 0.6 is 15.9 Å². The van der Waals surface area contributed by atoms with Gasteiger partial charge in [0.15, 0.2) is 0 Å². The van der Waals surface area contributed by atoms with Gasteiger partial charge in [0.2, 0.25) is 5.91 Å². The zero-order valence-corrected chi connectivity index (χ0v) is 13.4. The van der Waals surface area contributed by atoms with Crippen LogP contribution in [-0.2, 0) is 19.9 Å². The molecule has 0 aliphatic carbocycles. The first kappa shape index (κ1) is 15.4. The third kappa shape index (κ3) is 2.41. The van der Waals surface area contributed by atoms with Gasteiger partial charge in [-0.05, 0) is 6.42 Å². The van der Waals surface area contributed by atoms with Crippen molar-refractivity contribution in [1.82, 2.24) is 9.21 Å². The second-order valence-electron chi connectivity index (χ2n) is 3.63. The Morgan fingerprint density at radius 1 is 1.59 bits per heavy atom. The van der Waals surface area contributed by atoms with Gasteiger partial charge in [-0.3, -0.25) is 14.1 Å². The zero-order chi connectivity index (χ0) is 12.1. The van der Waals surface area contributed by atoms with E-state index < -0.39 is 28.3 Å². The summed E-state index contributed by atoms with van der Waals surface area (Å²) in [6.07, 6.45) is 0.370. The Balaban J connectivity index is 0.00000144. The van der Waals surface area contributed by atoms with Crippen LogP contribution in [0.1, 0.15) is 7.85 Å². The van der Waals surface area contributed by atoms with Gasteiger partial charge in [0.1, 0.15) is 6.04 Å². The van der Waals surface area contributed by atoms with Gasteiger partial charge in [0.05, 0.1) is 11.4 Å². The van der Waals surface area contributed by atoms with Crippen LogP contribution < -0.4 is 29.6 Å². The summed E-state index contributed by atoms with van der Waals surface area (Å²) in [5.41, 5.74) is 0. The summed E-state index contributed by atoms with van der Waals surface area (Å²) >= 11 is 2.99. The van der Waals surface area contributed by atoms with Crippen LogP contribution in [-0.4, -0.2) is 57.9 Å². The van der Waals surface area contributed by atoms with Crippen molar-refractivity contribution in [3.05, 3.63) is 0 Å². The van der Waals surface area contributed by atoms with Crippen molar-refractivity contribution in [3.8, 4) is 0 Å². The minimum absolute atomic E-state index is 0. The van der Waals surface area contributed by atoms with Gasteiger partial charge in [0.25, 0.3) is 5.91 Å². The number of alkyl halides is 1. The quantitative estimate of drug-likeness (QED) is 0.241. The van der Waals surface area contributed by atoms with E-state index in [4.69, 9.17) is 4.55 Å². The summed E-state index contributed by atoms with van der Waals surface area (Å²) in [4.78, 5) is 24.2. The van der Waals surface area contributed by atoms with Crippen molar-refractivity contribution in [2.75, 3.05) is 11.9 Å². The predicted octanol–water partition coefficient (Wildman–Crippen LogP) is -3.89. The van der Waals surface area contributed by atoms with E-state index >= 15 is 0 Å². The van der Waals surface area contributed by atoms with Gasteiger partial charge in [0, 0.05) is 6.54 Å². The molecule has 2 aliphatic rings. The van der Waals surface area contributed by atoms with Crippen molar-refractivity contribution in [2.45, 2.75) is 18.5 Å². The molecule has 10 heteroatoms. The maximum absolute atomic E-state index is 11.5. The van der Waals surface area contributed by atoms with E-state index in [1.807, 2.05) is 0 Å². The Morgan fingerprint density at radius 2 is 2.18 bits per heavy atom. The first-order chi connectivity index (χ1) is 7.38. The average molecular weight is 337 g/mol. The summed E-state index contributed by atoms with van der Waals surface area (Å²) in [6, 6.07) is -1.34. The SMILES string of the molecule is O=C(CBr)N1CC[C@@H]2[C@H]1C(=O)N2S(=O)(=O)O.[H-].[Na+]. The summed E-state index contributed by atoms with van der Waals surface area (Å²) in [5.74, 6) is -0.991.